The predicted octanol–water partition coefficient (Wildman–Crippen LogP) is 1.44. The summed E-state index contributed by atoms with van der Waals surface area (Å²) in [7, 11) is 0. The van der Waals surface area contributed by atoms with Gasteiger partial charge in [0.15, 0.2) is 0 Å². The maximum atomic E-state index is 12.8. The van der Waals surface area contributed by atoms with Gasteiger partial charge in [0, 0.05) is 17.9 Å². The lowest BCUT2D eigenvalue weighted by Gasteiger charge is -2.49. The number of halogens is 3. The first-order valence-corrected chi connectivity index (χ1v) is 12.3. The molecule has 1 fully saturated rings. The van der Waals surface area contributed by atoms with Crippen molar-refractivity contribution in [2.75, 3.05) is 5.75 Å². The number of nitrogens with two attached hydrogens (primary N) is 1. The average Bonchev–Trinajstić information content (AvgIpc) is 3.31. The van der Waals surface area contributed by atoms with Crippen molar-refractivity contribution in [1.29, 1.82) is 0 Å². The van der Waals surface area contributed by atoms with E-state index in [1.54, 1.807) is 0 Å². The van der Waals surface area contributed by atoms with Gasteiger partial charge in [-0.15, -0.1) is 22.0 Å². The Balaban J connectivity index is 0.000000454. The molecule has 2 atom stereocenters. The summed E-state index contributed by atoms with van der Waals surface area (Å²) in [6, 6.07) is 8.63. The fourth-order valence-corrected chi connectivity index (χ4v) is 5.69. The van der Waals surface area contributed by atoms with Crippen LogP contribution < -0.4 is 11.1 Å². The quantitative estimate of drug-likeness (QED) is 0.303. The van der Waals surface area contributed by atoms with Crippen molar-refractivity contribution < 1.29 is 37.5 Å². The van der Waals surface area contributed by atoms with Crippen LogP contribution in [0.25, 0.3) is 5.57 Å². The molecule has 0 unspecified atom stereocenters. The van der Waals surface area contributed by atoms with Crippen LogP contribution in [-0.4, -0.2) is 66.4 Å². The number of alkyl halides is 3. The van der Waals surface area contributed by atoms with E-state index in [-0.39, 0.29) is 35.9 Å². The summed E-state index contributed by atoms with van der Waals surface area (Å²) in [5.41, 5.74) is 7.28. The molecular weight excluding hydrogens is 543 g/mol. The number of hydrogen-bond acceptors (Lipinski definition) is 9. The zero-order valence-electron chi connectivity index (χ0n) is 18.1. The molecule has 2 aromatic rings. The Bertz CT molecular complexity index is 1210. The largest absolute Gasteiger partial charge is 0.490 e. The number of carboxylic acid groups (broad SMARTS) is 1. The summed E-state index contributed by atoms with van der Waals surface area (Å²) in [5.74, 6) is -2.87. The molecule has 0 radical (unpaired) electrons. The van der Waals surface area contributed by atoms with E-state index >= 15 is 0 Å². The molecule has 4 rings (SSSR count). The molecule has 2 aliphatic heterocycles. The van der Waals surface area contributed by atoms with E-state index in [1.807, 2.05) is 30.3 Å². The molecule has 16 heteroatoms. The second-order valence-electron chi connectivity index (χ2n) is 7.26. The number of nitrogens with zero attached hydrogens (tertiary/aromatic N) is 3. The summed E-state index contributed by atoms with van der Waals surface area (Å²) in [5, 5.41) is 18.3. The summed E-state index contributed by atoms with van der Waals surface area (Å²) < 4.78 is 31.7. The highest BCUT2D eigenvalue weighted by Gasteiger charge is 2.54. The van der Waals surface area contributed by atoms with Gasteiger partial charge >= 0.3 is 12.1 Å². The second-order valence-corrected chi connectivity index (χ2v) is 9.83. The number of nitrogens with one attached hydrogen (secondary N) is 1. The Morgan fingerprint density at radius 2 is 1.86 bits per heavy atom. The number of β-lactam (4-membered cyclic amide) rings is 1. The van der Waals surface area contributed by atoms with Gasteiger partial charge in [-0.25, -0.2) is 4.79 Å². The topological polar surface area (TPSA) is 156 Å². The third-order valence-electron chi connectivity index (χ3n) is 4.84. The molecule has 0 spiro atoms. The number of fused-ring (bicyclic) bond motifs is 1. The van der Waals surface area contributed by atoms with Crippen LogP contribution in [0.4, 0.5) is 13.2 Å². The third-order valence-corrected chi connectivity index (χ3v) is 7.33. The van der Waals surface area contributed by atoms with Crippen LogP contribution in [0.5, 0.6) is 0 Å². The maximum absolute atomic E-state index is 12.8. The molecule has 36 heavy (non-hydrogen) atoms. The van der Waals surface area contributed by atoms with E-state index in [0.29, 0.717) is 21.3 Å². The fourth-order valence-electron chi connectivity index (χ4n) is 3.25. The molecule has 0 saturated carbocycles. The lowest BCUT2D eigenvalue weighted by atomic mass is 10.0. The first-order chi connectivity index (χ1) is 16.9. The van der Waals surface area contributed by atoms with Crippen LogP contribution >= 0.6 is 35.7 Å². The van der Waals surface area contributed by atoms with E-state index in [1.165, 1.54) is 28.0 Å². The first-order valence-electron chi connectivity index (χ1n) is 10.0. The number of thiol groups is 1. The molecule has 10 nitrogen and oxygen atoms in total. The molecule has 2 amide bonds. The van der Waals surface area contributed by atoms with Crippen LogP contribution in [0.15, 0.2) is 36.0 Å². The number of carboxylic acids is 1. The van der Waals surface area contributed by atoms with E-state index in [2.05, 4.69) is 28.1 Å². The zero-order valence-corrected chi connectivity index (χ0v) is 20.6. The number of aliphatic carboxylic acids is 1. The van der Waals surface area contributed by atoms with E-state index in [0.717, 1.165) is 5.56 Å². The molecule has 1 aromatic heterocycles. The molecule has 1 saturated heterocycles. The van der Waals surface area contributed by atoms with Crippen molar-refractivity contribution in [3.05, 3.63) is 51.6 Å². The summed E-state index contributed by atoms with van der Waals surface area (Å²) in [6.07, 6.45) is -4.89. The third kappa shape index (κ3) is 6.24. The Hall–Kier alpha value is -2.95. The van der Waals surface area contributed by atoms with Crippen molar-refractivity contribution >= 4 is 64.2 Å². The molecular formula is C20H18F3N5O5S3. The second kappa shape index (κ2) is 11.4. The molecule has 192 valence electrons. The molecule has 4 N–H and O–H groups in total. The van der Waals surface area contributed by atoms with Gasteiger partial charge in [0.1, 0.15) is 27.1 Å². The molecule has 0 aliphatic carbocycles. The highest BCUT2D eigenvalue weighted by Crippen LogP contribution is 2.44. The Morgan fingerprint density at radius 3 is 2.39 bits per heavy atom. The van der Waals surface area contributed by atoms with Crippen molar-refractivity contribution in [2.45, 2.75) is 30.6 Å². The smallest absolute Gasteiger partial charge is 0.475 e. The van der Waals surface area contributed by atoms with Crippen LogP contribution in [0.2, 0.25) is 0 Å². The minimum Gasteiger partial charge on any atom is -0.475 e. The number of hydrogen-bond donors (Lipinski definition) is 4. The van der Waals surface area contributed by atoms with Gasteiger partial charge in [0.05, 0.1) is 6.42 Å². The van der Waals surface area contributed by atoms with Crippen LogP contribution in [0.3, 0.4) is 0 Å². The van der Waals surface area contributed by atoms with Crippen molar-refractivity contribution in [3.8, 4) is 0 Å². The summed E-state index contributed by atoms with van der Waals surface area (Å²) in [6.45, 7) is 0.253. The van der Waals surface area contributed by atoms with Crippen LogP contribution in [0.1, 0.15) is 15.6 Å². The number of benzene rings is 1. The number of amides is 2. The molecule has 3 heterocycles. The highest BCUT2D eigenvalue weighted by atomic mass is 32.2. The van der Waals surface area contributed by atoms with Gasteiger partial charge < -0.3 is 16.2 Å². The zero-order chi connectivity index (χ0) is 26.6. The summed E-state index contributed by atoms with van der Waals surface area (Å²) in [4.78, 5) is 47.6. The van der Waals surface area contributed by atoms with Gasteiger partial charge in [-0.2, -0.15) is 13.2 Å². The Morgan fingerprint density at radius 1 is 1.22 bits per heavy atom. The lowest BCUT2D eigenvalue weighted by Crippen LogP contribution is -2.70. The van der Waals surface area contributed by atoms with Crippen molar-refractivity contribution in [2.24, 2.45) is 5.73 Å². The normalized spacial score (nSPS) is 19.0. The number of carbonyl (C=O) groups excluding carboxylic acids is 3. The number of carbonyl (C=O) groups is 4. The van der Waals surface area contributed by atoms with Gasteiger partial charge in [-0.05, 0) is 5.56 Å². The Labute approximate surface area is 215 Å². The van der Waals surface area contributed by atoms with Gasteiger partial charge in [0.2, 0.25) is 11.0 Å². The number of aromatic nitrogens is 2. The van der Waals surface area contributed by atoms with Crippen LogP contribution in [-0.2, 0) is 32.1 Å². The minimum atomic E-state index is -5.08. The Kier molecular flexibility index (Phi) is 8.76. The molecule has 2 aliphatic rings. The first kappa shape index (κ1) is 27.6. The monoisotopic (exact) mass is 561 g/mol. The van der Waals surface area contributed by atoms with Crippen molar-refractivity contribution in [1.82, 2.24) is 20.4 Å². The number of rotatable bonds is 6. The van der Waals surface area contributed by atoms with Gasteiger partial charge in [-0.1, -0.05) is 54.3 Å². The lowest BCUT2D eigenvalue weighted by molar-refractivity contribution is -0.192. The SMILES string of the molecule is NCc1nnc(C2=C(C(=O)S)N3C(=O)[C@@H](NC(=O)Cc4ccccc4)[C@H]3SC2)s1.O=C(O)C(F)(F)F. The van der Waals surface area contributed by atoms with Crippen LogP contribution in [0, 0.1) is 0 Å². The molecule has 0 bridgehead atoms. The standard InChI is InChI=1S/C18H17N5O3S3.C2HF3O2/c19-7-12-21-22-15(29-12)10-8-28-17-13(16(25)23(17)14(10)18(26)27)20-11(24)6-9-4-2-1-3-5-9;3-2(4,5)1(6)7/h1-5,13,17H,6-8,19H2,(H,20,24)(H,26,27);(H,6,7)/t13-,17-;/m1./s1. The summed E-state index contributed by atoms with van der Waals surface area (Å²) >= 11 is 6.72. The average molecular weight is 562 g/mol. The fraction of sp³-hybridized carbons (Fsp3) is 0.300. The predicted molar refractivity (Wildman–Crippen MR) is 128 cm³/mol. The molecule has 1 aromatic carbocycles. The maximum Gasteiger partial charge on any atom is 0.490 e. The van der Waals surface area contributed by atoms with E-state index < -0.39 is 23.3 Å². The highest BCUT2D eigenvalue weighted by molar-refractivity contribution is 8.00. The minimum absolute atomic E-state index is 0.189. The van der Waals surface area contributed by atoms with E-state index in [9.17, 15) is 27.6 Å². The van der Waals surface area contributed by atoms with Gasteiger partial charge in [-0.3, -0.25) is 19.3 Å². The van der Waals surface area contributed by atoms with Crippen molar-refractivity contribution in [3.63, 3.8) is 0 Å². The van der Waals surface area contributed by atoms with Gasteiger partial charge in [0.25, 0.3) is 5.91 Å². The number of thioether (sulfide) groups is 1. The van der Waals surface area contributed by atoms with E-state index in [4.69, 9.17) is 15.6 Å².